The van der Waals surface area contributed by atoms with Crippen LogP contribution in [0.5, 0.6) is 0 Å². The maximum absolute atomic E-state index is 12.9. The topological polar surface area (TPSA) is 111 Å². The number of nitrogens with two attached hydrogens (primary N) is 1. The Morgan fingerprint density at radius 1 is 1.26 bits per heavy atom. The van der Waals surface area contributed by atoms with Crippen LogP contribution in [0.2, 0.25) is 5.02 Å². The molecule has 23 heavy (non-hydrogen) atoms. The second-order valence-electron chi connectivity index (χ2n) is 4.84. The summed E-state index contributed by atoms with van der Waals surface area (Å²) >= 11 is 5.99. The summed E-state index contributed by atoms with van der Waals surface area (Å²) < 4.78 is 26.5. The average Bonchev–Trinajstić information content (AvgIpc) is 2.85. The van der Waals surface area contributed by atoms with Crippen molar-refractivity contribution in [2.75, 3.05) is 6.54 Å². The molecule has 0 spiro atoms. The zero-order valence-electron chi connectivity index (χ0n) is 11.9. The number of aromatic nitrogens is 3. The molecule has 0 saturated heterocycles. The number of imidazole rings is 1. The third kappa shape index (κ3) is 2.54. The first-order valence-corrected chi connectivity index (χ1v) is 8.57. The lowest BCUT2D eigenvalue weighted by atomic mass is 10.2. The van der Waals surface area contributed by atoms with E-state index in [1.807, 2.05) is 0 Å². The maximum atomic E-state index is 12.9. The minimum absolute atomic E-state index is 0.0398. The Balaban J connectivity index is 2.38. The van der Waals surface area contributed by atoms with Gasteiger partial charge in [0, 0.05) is 6.20 Å². The van der Waals surface area contributed by atoms with Crippen LogP contribution < -0.4 is 11.4 Å². The molecule has 0 atom stereocenters. The van der Waals surface area contributed by atoms with Crippen molar-refractivity contribution in [2.45, 2.75) is 11.3 Å². The Kier molecular flexibility index (Phi) is 3.97. The number of pyridine rings is 1. The van der Waals surface area contributed by atoms with E-state index in [0.29, 0.717) is 22.5 Å². The smallest absolute Gasteiger partial charge is 0.330 e. The first kappa shape index (κ1) is 15.7. The number of hydrogen-bond acceptors (Lipinski definition) is 5. The van der Waals surface area contributed by atoms with E-state index < -0.39 is 15.7 Å². The highest BCUT2D eigenvalue weighted by molar-refractivity contribution is 7.90. The molecule has 0 saturated carbocycles. The summed E-state index contributed by atoms with van der Waals surface area (Å²) in [4.78, 5) is 18.6. The van der Waals surface area contributed by atoms with Crippen molar-refractivity contribution < 1.29 is 8.42 Å². The van der Waals surface area contributed by atoms with Crippen LogP contribution in [0.25, 0.3) is 11.2 Å². The Morgan fingerprint density at radius 2 is 2.00 bits per heavy atom. The minimum Gasteiger partial charge on any atom is -0.330 e. The molecule has 3 aromatic rings. The van der Waals surface area contributed by atoms with Gasteiger partial charge in [0.2, 0.25) is 0 Å². The lowest BCUT2D eigenvalue weighted by Crippen LogP contribution is -2.26. The summed E-state index contributed by atoms with van der Waals surface area (Å²) in [6.07, 6.45) is 1.91. The summed E-state index contributed by atoms with van der Waals surface area (Å²) in [5.41, 5.74) is 5.78. The van der Waals surface area contributed by atoms with E-state index in [0.717, 1.165) is 0 Å². The van der Waals surface area contributed by atoms with E-state index in [1.165, 1.54) is 24.4 Å². The fraction of sp³-hybridized carbons (Fsp3) is 0.143. The molecule has 2 heterocycles. The van der Waals surface area contributed by atoms with Gasteiger partial charge < -0.3 is 5.73 Å². The van der Waals surface area contributed by atoms with Gasteiger partial charge >= 0.3 is 5.69 Å². The van der Waals surface area contributed by atoms with Gasteiger partial charge in [0.05, 0.1) is 5.02 Å². The number of fused-ring (bicyclic) bond motifs is 1. The van der Waals surface area contributed by atoms with Crippen LogP contribution in [0.1, 0.15) is 5.56 Å². The SMILES string of the molecule is NCCc1ccnc2[nH]c(=O)n(S(=O)(=O)c3ccccc3Cl)c12. The Bertz CT molecular complexity index is 1040. The van der Waals surface area contributed by atoms with Crippen molar-refractivity contribution in [3.63, 3.8) is 0 Å². The minimum atomic E-state index is -4.16. The highest BCUT2D eigenvalue weighted by atomic mass is 35.5. The standard InChI is InChI=1S/C14H13ClN4O3S/c15-10-3-1-2-4-11(10)23(21,22)19-12-9(5-7-16)6-8-17-13(12)18-14(19)20/h1-4,6,8H,5,7,16H2,(H,17,18,20). The van der Waals surface area contributed by atoms with Gasteiger partial charge in [0.1, 0.15) is 10.4 Å². The Labute approximate surface area is 136 Å². The van der Waals surface area contributed by atoms with Crippen LogP contribution in [0.3, 0.4) is 0 Å². The number of hydrogen-bond donors (Lipinski definition) is 2. The fourth-order valence-corrected chi connectivity index (χ4v) is 4.30. The summed E-state index contributed by atoms with van der Waals surface area (Å²) in [7, 11) is -4.16. The monoisotopic (exact) mass is 352 g/mol. The molecule has 3 N–H and O–H groups in total. The number of rotatable bonds is 4. The molecule has 9 heteroatoms. The van der Waals surface area contributed by atoms with Gasteiger partial charge in [-0.3, -0.25) is 4.98 Å². The van der Waals surface area contributed by atoms with Crippen LogP contribution in [-0.2, 0) is 16.4 Å². The summed E-state index contributed by atoms with van der Waals surface area (Å²) in [6, 6.07) is 7.59. The van der Waals surface area contributed by atoms with Crippen LogP contribution in [0, 0.1) is 0 Å². The average molecular weight is 353 g/mol. The van der Waals surface area contributed by atoms with E-state index in [-0.39, 0.29) is 21.1 Å². The number of nitrogens with one attached hydrogen (secondary N) is 1. The van der Waals surface area contributed by atoms with Crippen molar-refractivity contribution in [3.05, 3.63) is 57.6 Å². The quantitative estimate of drug-likeness (QED) is 0.730. The highest BCUT2D eigenvalue weighted by Crippen LogP contribution is 2.25. The van der Waals surface area contributed by atoms with Crippen molar-refractivity contribution >= 4 is 32.8 Å². The Hall–Kier alpha value is -2.16. The molecule has 0 amide bonds. The van der Waals surface area contributed by atoms with Gasteiger partial charge in [-0.15, -0.1) is 0 Å². The second kappa shape index (κ2) is 5.80. The Morgan fingerprint density at radius 3 is 2.70 bits per heavy atom. The number of H-pyrrole nitrogens is 1. The number of aromatic amines is 1. The number of nitrogens with zero attached hydrogens (tertiary/aromatic N) is 2. The van der Waals surface area contributed by atoms with Gasteiger partial charge in [-0.2, -0.15) is 3.97 Å². The second-order valence-corrected chi connectivity index (χ2v) is 7.00. The molecule has 7 nitrogen and oxygen atoms in total. The number of halogens is 1. The van der Waals surface area contributed by atoms with E-state index in [4.69, 9.17) is 17.3 Å². The molecule has 0 aliphatic heterocycles. The molecule has 0 radical (unpaired) electrons. The molecule has 2 aromatic heterocycles. The molecular formula is C14H13ClN4O3S. The third-order valence-corrected chi connectivity index (χ3v) is 5.57. The van der Waals surface area contributed by atoms with Crippen molar-refractivity contribution in [3.8, 4) is 0 Å². The van der Waals surface area contributed by atoms with Crippen LogP contribution in [0.4, 0.5) is 0 Å². The molecule has 0 unspecified atom stereocenters. The molecule has 0 aliphatic carbocycles. The predicted molar refractivity (Wildman–Crippen MR) is 87.1 cm³/mol. The van der Waals surface area contributed by atoms with E-state index >= 15 is 0 Å². The zero-order valence-corrected chi connectivity index (χ0v) is 13.4. The normalized spacial score (nSPS) is 11.9. The molecule has 120 valence electrons. The molecular weight excluding hydrogens is 340 g/mol. The van der Waals surface area contributed by atoms with E-state index in [1.54, 1.807) is 12.1 Å². The first-order chi connectivity index (χ1) is 11.0. The number of benzene rings is 1. The van der Waals surface area contributed by atoms with Crippen molar-refractivity contribution in [1.82, 2.24) is 13.9 Å². The molecule has 3 rings (SSSR count). The lowest BCUT2D eigenvalue weighted by Gasteiger charge is -2.09. The maximum Gasteiger partial charge on any atom is 0.341 e. The zero-order chi connectivity index (χ0) is 16.6. The van der Waals surface area contributed by atoms with Crippen LogP contribution >= 0.6 is 11.6 Å². The predicted octanol–water partition coefficient (Wildman–Crippen LogP) is 1.12. The molecule has 0 aliphatic rings. The van der Waals surface area contributed by atoms with Crippen LogP contribution in [0.15, 0.2) is 46.2 Å². The van der Waals surface area contributed by atoms with Crippen LogP contribution in [-0.4, -0.2) is 28.9 Å². The molecule has 0 fully saturated rings. The van der Waals surface area contributed by atoms with Gasteiger partial charge in [-0.05, 0) is 36.7 Å². The van der Waals surface area contributed by atoms with E-state index in [9.17, 15) is 13.2 Å². The van der Waals surface area contributed by atoms with Crippen molar-refractivity contribution in [1.29, 1.82) is 0 Å². The fourth-order valence-electron chi connectivity index (χ4n) is 2.40. The van der Waals surface area contributed by atoms with Gasteiger partial charge in [0.15, 0.2) is 5.65 Å². The third-order valence-electron chi connectivity index (χ3n) is 3.39. The summed E-state index contributed by atoms with van der Waals surface area (Å²) in [6.45, 7) is 0.310. The van der Waals surface area contributed by atoms with Crippen molar-refractivity contribution in [2.24, 2.45) is 5.73 Å². The highest BCUT2D eigenvalue weighted by Gasteiger charge is 2.26. The molecule has 0 bridgehead atoms. The molecule has 1 aromatic carbocycles. The lowest BCUT2D eigenvalue weighted by molar-refractivity contribution is 0.587. The van der Waals surface area contributed by atoms with E-state index in [2.05, 4.69) is 9.97 Å². The van der Waals surface area contributed by atoms with Gasteiger partial charge in [0.25, 0.3) is 10.0 Å². The largest absolute Gasteiger partial charge is 0.341 e. The van der Waals surface area contributed by atoms with Gasteiger partial charge in [-0.1, -0.05) is 23.7 Å². The van der Waals surface area contributed by atoms with Gasteiger partial charge in [-0.25, -0.2) is 18.2 Å². The summed E-state index contributed by atoms with van der Waals surface area (Å²) in [5, 5.41) is 0.0398. The summed E-state index contributed by atoms with van der Waals surface area (Å²) in [5.74, 6) is 0. The first-order valence-electron chi connectivity index (χ1n) is 6.75.